The molecule has 0 spiro atoms. The van der Waals surface area contributed by atoms with Crippen molar-refractivity contribution in [3.05, 3.63) is 72.8 Å². The number of hydrogen-bond acceptors (Lipinski definition) is 3. The third-order valence-electron chi connectivity index (χ3n) is 5.95. The highest BCUT2D eigenvalue weighted by atomic mass is 16.3. The first kappa shape index (κ1) is 18.4. The number of hydrogen-bond donors (Lipinski definition) is 2. The van der Waals surface area contributed by atoms with E-state index >= 15 is 0 Å². The average Bonchev–Trinajstić information content (AvgIpc) is 3.08. The summed E-state index contributed by atoms with van der Waals surface area (Å²) in [4.78, 5) is 2.35. The van der Waals surface area contributed by atoms with Crippen molar-refractivity contribution in [1.82, 2.24) is 14.8 Å². The van der Waals surface area contributed by atoms with Crippen LogP contribution in [0.1, 0.15) is 0 Å². The molecule has 2 N–H and O–H groups in total. The predicted octanol–water partition coefficient (Wildman–Crippen LogP) is 3.73. The lowest BCUT2D eigenvalue weighted by atomic mass is 10.0. The minimum absolute atomic E-state index is 0.388. The zero-order chi connectivity index (χ0) is 19.6. The Morgan fingerprint density at radius 3 is 2.31 bits per heavy atom. The molecular weight excluding hydrogens is 358 g/mol. The summed E-state index contributed by atoms with van der Waals surface area (Å²) >= 11 is 0. The second-order valence-electron chi connectivity index (χ2n) is 7.93. The number of rotatable bonds is 5. The van der Waals surface area contributed by atoms with Crippen LogP contribution in [0.4, 0.5) is 0 Å². The van der Waals surface area contributed by atoms with Gasteiger partial charge in [0.25, 0.3) is 0 Å². The summed E-state index contributed by atoms with van der Waals surface area (Å²) in [6, 6.07) is 25.7. The number of nitrogens with zero attached hydrogens (tertiary/aromatic N) is 2. The maximum absolute atomic E-state index is 10.8. The Balaban J connectivity index is 1.52. The fraction of sp³-hybridized carbons (Fsp3) is 0.280. The Hall–Kier alpha value is -2.66. The second kappa shape index (κ2) is 7.99. The van der Waals surface area contributed by atoms with Gasteiger partial charge in [0, 0.05) is 54.5 Å². The molecule has 5 rings (SSSR count). The van der Waals surface area contributed by atoms with E-state index < -0.39 is 0 Å². The van der Waals surface area contributed by atoms with E-state index in [9.17, 15) is 5.11 Å². The van der Waals surface area contributed by atoms with Crippen molar-refractivity contribution < 1.29 is 5.11 Å². The fourth-order valence-electron chi connectivity index (χ4n) is 4.52. The number of aromatic nitrogens is 1. The maximum atomic E-state index is 10.8. The Bertz CT molecular complexity index is 1110. The minimum atomic E-state index is -0.388. The summed E-state index contributed by atoms with van der Waals surface area (Å²) in [5.41, 5.74) is 4.82. The van der Waals surface area contributed by atoms with Crippen LogP contribution < -0.4 is 5.32 Å². The highest BCUT2D eigenvalue weighted by molar-refractivity contribution is 6.09. The average molecular weight is 386 g/mol. The van der Waals surface area contributed by atoms with Crippen molar-refractivity contribution in [3.8, 4) is 11.1 Å². The van der Waals surface area contributed by atoms with Gasteiger partial charge in [0.05, 0.1) is 12.6 Å². The topological polar surface area (TPSA) is 40.4 Å². The molecule has 1 saturated heterocycles. The number of aliphatic hydroxyl groups excluding tert-OH is 1. The monoisotopic (exact) mass is 385 g/mol. The Morgan fingerprint density at radius 2 is 1.48 bits per heavy atom. The molecule has 1 atom stereocenters. The van der Waals surface area contributed by atoms with Crippen molar-refractivity contribution in [1.29, 1.82) is 0 Å². The third kappa shape index (κ3) is 3.67. The van der Waals surface area contributed by atoms with Crippen LogP contribution in [0.5, 0.6) is 0 Å². The zero-order valence-electron chi connectivity index (χ0n) is 16.6. The molecule has 0 bridgehead atoms. The van der Waals surface area contributed by atoms with Crippen LogP contribution in [-0.4, -0.2) is 53.4 Å². The lowest BCUT2D eigenvalue weighted by Crippen LogP contribution is -2.46. The summed E-state index contributed by atoms with van der Waals surface area (Å²) in [7, 11) is 0. The standard InChI is InChI=1S/C25H27N3O/c29-21(17-27-14-12-26-13-15-27)18-28-24-9-5-4-8-22(24)23-16-20(10-11-25(23)28)19-6-2-1-3-7-19/h1-11,16,21,26,29H,12-15,17-18H2/t21-/m1/s1. The van der Waals surface area contributed by atoms with E-state index in [4.69, 9.17) is 0 Å². The first-order chi connectivity index (χ1) is 14.3. The van der Waals surface area contributed by atoms with Gasteiger partial charge in [-0.25, -0.2) is 0 Å². The molecule has 4 nitrogen and oxygen atoms in total. The number of aliphatic hydroxyl groups is 1. The number of para-hydroxylation sites is 1. The van der Waals surface area contributed by atoms with Crippen LogP contribution >= 0.6 is 0 Å². The second-order valence-corrected chi connectivity index (χ2v) is 7.93. The predicted molar refractivity (Wildman–Crippen MR) is 120 cm³/mol. The van der Waals surface area contributed by atoms with E-state index in [1.807, 2.05) is 6.07 Å². The first-order valence-corrected chi connectivity index (χ1v) is 10.5. The quantitative estimate of drug-likeness (QED) is 0.550. The summed E-state index contributed by atoms with van der Waals surface area (Å²) in [6.07, 6.45) is -0.388. The summed E-state index contributed by atoms with van der Waals surface area (Å²) in [6.45, 7) is 5.35. The molecule has 1 aromatic heterocycles. The Labute approximate surface area is 171 Å². The Morgan fingerprint density at radius 1 is 0.759 bits per heavy atom. The van der Waals surface area contributed by atoms with Gasteiger partial charge in [-0.2, -0.15) is 0 Å². The molecule has 29 heavy (non-hydrogen) atoms. The molecule has 148 valence electrons. The third-order valence-corrected chi connectivity index (χ3v) is 5.95. The number of nitrogens with one attached hydrogen (secondary N) is 1. The van der Waals surface area contributed by atoms with Gasteiger partial charge < -0.3 is 15.0 Å². The minimum Gasteiger partial charge on any atom is -0.390 e. The van der Waals surface area contributed by atoms with Crippen LogP contribution in [0.3, 0.4) is 0 Å². The lowest BCUT2D eigenvalue weighted by Gasteiger charge is -2.29. The van der Waals surface area contributed by atoms with Crippen molar-refractivity contribution in [3.63, 3.8) is 0 Å². The van der Waals surface area contributed by atoms with E-state index in [-0.39, 0.29) is 6.10 Å². The molecule has 0 unspecified atom stereocenters. The molecule has 1 fully saturated rings. The summed E-state index contributed by atoms with van der Waals surface area (Å²) in [5, 5.41) is 16.7. The molecule has 3 aromatic carbocycles. The molecule has 2 heterocycles. The van der Waals surface area contributed by atoms with E-state index in [1.165, 1.54) is 32.9 Å². The first-order valence-electron chi connectivity index (χ1n) is 10.5. The van der Waals surface area contributed by atoms with Gasteiger partial charge in [-0.1, -0.05) is 54.6 Å². The molecule has 0 saturated carbocycles. The normalized spacial score (nSPS) is 16.4. The van der Waals surface area contributed by atoms with Gasteiger partial charge in [-0.3, -0.25) is 4.90 Å². The fourth-order valence-corrected chi connectivity index (χ4v) is 4.52. The molecular formula is C25H27N3O. The van der Waals surface area contributed by atoms with Gasteiger partial charge in [-0.15, -0.1) is 0 Å². The smallest absolute Gasteiger partial charge is 0.0845 e. The van der Waals surface area contributed by atoms with Crippen LogP contribution in [0.15, 0.2) is 72.8 Å². The summed E-state index contributed by atoms with van der Waals surface area (Å²) in [5.74, 6) is 0. The molecule has 0 aliphatic carbocycles. The molecule has 4 aromatic rings. The zero-order valence-corrected chi connectivity index (χ0v) is 16.6. The van der Waals surface area contributed by atoms with Crippen molar-refractivity contribution in [2.75, 3.05) is 32.7 Å². The number of piperazine rings is 1. The van der Waals surface area contributed by atoms with E-state index in [0.717, 1.165) is 32.7 Å². The molecule has 1 aliphatic heterocycles. The number of β-amino-alcohol motifs (C(OH)–C–C–N with tert-alkyl or cyclic N) is 1. The van der Waals surface area contributed by atoms with Gasteiger partial charge in [0.1, 0.15) is 0 Å². The van der Waals surface area contributed by atoms with E-state index in [0.29, 0.717) is 6.54 Å². The highest BCUT2D eigenvalue weighted by Crippen LogP contribution is 2.32. The SMILES string of the molecule is O[C@H](CN1CCNCC1)Cn1c2ccccc2c2cc(-c3ccccc3)ccc21. The van der Waals surface area contributed by atoms with Crippen LogP contribution in [0.2, 0.25) is 0 Å². The molecule has 4 heteroatoms. The van der Waals surface area contributed by atoms with Crippen LogP contribution in [-0.2, 0) is 6.54 Å². The van der Waals surface area contributed by atoms with Crippen molar-refractivity contribution in [2.24, 2.45) is 0 Å². The van der Waals surface area contributed by atoms with Crippen LogP contribution in [0.25, 0.3) is 32.9 Å². The van der Waals surface area contributed by atoms with Gasteiger partial charge >= 0.3 is 0 Å². The largest absolute Gasteiger partial charge is 0.390 e. The Kier molecular flexibility index (Phi) is 5.06. The maximum Gasteiger partial charge on any atom is 0.0845 e. The van der Waals surface area contributed by atoms with Crippen LogP contribution in [0, 0.1) is 0 Å². The van der Waals surface area contributed by atoms with Crippen molar-refractivity contribution in [2.45, 2.75) is 12.6 Å². The van der Waals surface area contributed by atoms with Gasteiger partial charge in [0.15, 0.2) is 0 Å². The van der Waals surface area contributed by atoms with E-state index in [2.05, 4.69) is 81.5 Å². The molecule has 1 aliphatic rings. The van der Waals surface area contributed by atoms with Gasteiger partial charge in [-0.05, 0) is 29.3 Å². The number of fused-ring (bicyclic) bond motifs is 3. The lowest BCUT2D eigenvalue weighted by molar-refractivity contribution is 0.0936. The molecule has 0 radical (unpaired) electrons. The van der Waals surface area contributed by atoms with Gasteiger partial charge in [0.2, 0.25) is 0 Å². The van der Waals surface area contributed by atoms with E-state index in [1.54, 1.807) is 0 Å². The number of benzene rings is 3. The molecule has 0 amide bonds. The summed E-state index contributed by atoms with van der Waals surface area (Å²) < 4.78 is 2.28. The highest BCUT2D eigenvalue weighted by Gasteiger charge is 2.18. The van der Waals surface area contributed by atoms with Crippen molar-refractivity contribution >= 4 is 21.8 Å².